The zero-order chi connectivity index (χ0) is 24.5. The Morgan fingerprint density at radius 2 is 1.57 bits per heavy atom. The molecule has 0 aliphatic carbocycles. The first-order valence-corrected chi connectivity index (χ1v) is 12.7. The van der Waals surface area contributed by atoms with Crippen molar-refractivity contribution in [3.63, 3.8) is 0 Å². The molecule has 1 heterocycles. The summed E-state index contributed by atoms with van der Waals surface area (Å²) in [4.78, 5) is 25.7. The van der Waals surface area contributed by atoms with Crippen LogP contribution in [0.4, 0.5) is 0 Å². The molecule has 4 nitrogen and oxygen atoms in total. The first-order valence-electron chi connectivity index (χ1n) is 11.5. The standard InChI is InChI=1S/C30H24O4S/c1-19(2)21-12-15-28-25(16-21)30(33)24-10-6-7-11-27(24)35(28)22-13-14-23(20-8-4-3-5-9-20)26(17-22)34-18-29(31)32/h3-17,19H,18H2,1-2H3/p+1. The van der Waals surface area contributed by atoms with Crippen LogP contribution in [0.25, 0.3) is 36.2 Å². The number of aliphatic carboxylic acids is 1. The predicted octanol–water partition coefficient (Wildman–Crippen LogP) is 7.35. The third-order valence-corrected chi connectivity index (χ3v) is 8.43. The highest BCUT2D eigenvalue weighted by Gasteiger charge is 2.25. The van der Waals surface area contributed by atoms with Crippen LogP contribution < -0.4 is 10.2 Å². The van der Waals surface area contributed by atoms with Gasteiger partial charge < -0.3 is 9.84 Å². The number of fused-ring (bicyclic) bond motifs is 2. The van der Waals surface area contributed by atoms with Crippen LogP contribution in [0.1, 0.15) is 25.3 Å². The summed E-state index contributed by atoms with van der Waals surface area (Å²) in [6.45, 7) is 3.81. The van der Waals surface area contributed by atoms with Gasteiger partial charge in [0.15, 0.2) is 20.9 Å². The molecule has 5 aromatic rings. The number of carboxylic acid groups (broad SMARTS) is 1. The van der Waals surface area contributed by atoms with Crippen LogP contribution in [0.2, 0.25) is 0 Å². The Morgan fingerprint density at radius 3 is 2.31 bits per heavy atom. The number of ether oxygens (including phenoxy) is 1. The molecule has 35 heavy (non-hydrogen) atoms. The van der Waals surface area contributed by atoms with Gasteiger partial charge in [-0.15, -0.1) is 0 Å². The average molecular weight is 482 g/mol. The van der Waals surface area contributed by atoms with Gasteiger partial charge in [0.05, 0.1) is 10.8 Å². The predicted molar refractivity (Wildman–Crippen MR) is 144 cm³/mol. The summed E-state index contributed by atoms with van der Waals surface area (Å²) in [5.74, 6) is -0.205. The Bertz CT molecular complexity index is 1620. The van der Waals surface area contributed by atoms with Crippen molar-refractivity contribution < 1.29 is 14.6 Å². The van der Waals surface area contributed by atoms with E-state index in [2.05, 4.69) is 32.0 Å². The second kappa shape index (κ2) is 9.35. The minimum atomic E-state index is -1.03. The van der Waals surface area contributed by atoms with E-state index in [1.807, 2.05) is 72.8 Å². The molecule has 1 aromatic heterocycles. The first-order chi connectivity index (χ1) is 16.9. The van der Waals surface area contributed by atoms with E-state index in [1.54, 1.807) is 0 Å². The average Bonchev–Trinajstić information content (AvgIpc) is 2.88. The zero-order valence-corrected chi connectivity index (χ0v) is 20.3. The molecule has 0 bridgehead atoms. The topological polar surface area (TPSA) is 63.6 Å². The number of rotatable bonds is 6. The molecule has 5 heteroatoms. The van der Waals surface area contributed by atoms with Crippen LogP contribution in [-0.2, 0) is 4.79 Å². The zero-order valence-electron chi connectivity index (χ0n) is 19.5. The van der Waals surface area contributed by atoms with Crippen LogP contribution in [-0.4, -0.2) is 17.7 Å². The quantitative estimate of drug-likeness (QED) is 0.203. The van der Waals surface area contributed by atoms with Crippen molar-refractivity contribution in [1.29, 1.82) is 0 Å². The van der Waals surface area contributed by atoms with Crippen LogP contribution in [0.15, 0.2) is 95.8 Å². The Kier molecular flexibility index (Phi) is 6.10. The highest BCUT2D eigenvalue weighted by molar-refractivity contribution is 7.49. The van der Waals surface area contributed by atoms with Gasteiger partial charge in [-0.1, -0.05) is 62.4 Å². The molecule has 0 aliphatic rings. The molecule has 1 unspecified atom stereocenters. The number of benzene rings is 4. The van der Waals surface area contributed by atoms with E-state index in [1.165, 1.54) is 0 Å². The van der Waals surface area contributed by atoms with Crippen molar-refractivity contribution >= 4 is 36.6 Å². The van der Waals surface area contributed by atoms with Gasteiger partial charge in [-0.2, -0.15) is 0 Å². The van der Waals surface area contributed by atoms with E-state index in [9.17, 15) is 14.7 Å². The van der Waals surface area contributed by atoms with Crippen molar-refractivity contribution in [3.05, 3.63) is 107 Å². The van der Waals surface area contributed by atoms with Crippen molar-refractivity contribution in [2.45, 2.75) is 19.8 Å². The molecule has 4 aromatic carbocycles. The molecule has 0 aliphatic heterocycles. The summed E-state index contributed by atoms with van der Waals surface area (Å²) >= 11 is 0. The Balaban J connectivity index is 1.80. The molecule has 0 amide bonds. The monoisotopic (exact) mass is 481 g/mol. The number of hydrogen-bond donors (Lipinski definition) is 1. The van der Waals surface area contributed by atoms with Crippen molar-refractivity contribution in [3.8, 4) is 21.8 Å². The number of hydrogen-bond acceptors (Lipinski definition) is 3. The van der Waals surface area contributed by atoms with Gasteiger partial charge in [0.1, 0.15) is 5.75 Å². The van der Waals surface area contributed by atoms with Gasteiger partial charge in [-0.3, -0.25) is 4.79 Å². The van der Waals surface area contributed by atoms with Crippen LogP contribution >= 0.6 is 10.5 Å². The maximum absolute atomic E-state index is 13.5. The lowest BCUT2D eigenvalue weighted by Gasteiger charge is -2.12. The summed E-state index contributed by atoms with van der Waals surface area (Å²) in [7, 11) is -0.538. The van der Waals surface area contributed by atoms with Gasteiger partial charge in [0.2, 0.25) is 5.43 Å². The van der Waals surface area contributed by atoms with Gasteiger partial charge in [0, 0.05) is 22.1 Å². The van der Waals surface area contributed by atoms with Gasteiger partial charge in [0.25, 0.3) is 0 Å². The maximum Gasteiger partial charge on any atom is 0.341 e. The summed E-state index contributed by atoms with van der Waals surface area (Å²) in [6.07, 6.45) is 0. The second-order valence-electron chi connectivity index (χ2n) is 8.75. The van der Waals surface area contributed by atoms with E-state index in [4.69, 9.17) is 4.74 Å². The van der Waals surface area contributed by atoms with Crippen LogP contribution in [0.5, 0.6) is 5.75 Å². The largest absolute Gasteiger partial charge is 0.481 e. The Hall–Kier alpha value is -3.96. The molecule has 174 valence electrons. The third-order valence-electron chi connectivity index (χ3n) is 6.11. The molecule has 0 spiro atoms. The fourth-order valence-electron chi connectivity index (χ4n) is 4.36. The number of carbonyl (C=O) groups is 1. The SMILES string of the molecule is CC(C)c1ccc2c(c1)c(=O)c1ccccc1[s+]2-c1ccc(-c2ccccc2)c(OCC(=O)O)c1. The molecule has 0 radical (unpaired) electrons. The summed E-state index contributed by atoms with van der Waals surface area (Å²) in [6, 6.07) is 29.7. The van der Waals surface area contributed by atoms with Crippen LogP contribution in [0.3, 0.4) is 0 Å². The molecule has 5 rings (SSSR count). The fraction of sp³-hybridized carbons (Fsp3) is 0.133. The van der Waals surface area contributed by atoms with E-state index in [0.717, 1.165) is 36.4 Å². The third kappa shape index (κ3) is 4.31. The Morgan fingerprint density at radius 1 is 0.857 bits per heavy atom. The molecule has 1 atom stereocenters. The molecule has 0 saturated carbocycles. The molecule has 0 saturated heterocycles. The molecule has 1 N–H and O–H groups in total. The minimum absolute atomic E-state index is 0.0464. The van der Waals surface area contributed by atoms with Crippen molar-refractivity contribution in [1.82, 2.24) is 0 Å². The summed E-state index contributed by atoms with van der Waals surface area (Å²) in [5.41, 5.74) is 2.95. The fourth-order valence-corrected chi connectivity index (χ4v) is 6.70. The highest BCUT2D eigenvalue weighted by Crippen LogP contribution is 2.46. The minimum Gasteiger partial charge on any atom is -0.481 e. The lowest BCUT2D eigenvalue weighted by molar-refractivity contribution is -0.139. The van der Waals surface area contributed by atoms with Gasteiger partial charge in [-0.05, 0) is 53.4 Å². The lowest BCUT2D eigenvalue weighted by Crippen LogP contribution is -2.10. The molecule has 0 fully saturated rings. The van der Waals surface area contributed by atoms with Gasteiger partial charge in [-0.25, -0.2) is 4.79 Å². The molecular weight excluding hydrogens is 456 g/mol. The maximum atomic E-state index is 13.5. The summed E-state index contributed by atoms with van der Waals surface area (Å²) < 4.78 is 7.72. The first kappa shape index (κ1) is 22.8. The van der Waals surface area contributed by atoms with E-state index >= 15 is 0 Å². The van der Waals surface area contributed by atoms with E-state index in [0.29, 0.717) is 17.1 Å². The summed E-state index contributed by atoms with van der Waals surface area (Å²) in [5, 5.41) is 10.7. The highest BCUT2D eigenvalue weighted by atomic mass is 32.2. The lowest BCUT2D eigenvalue weighted by atomic mass is 10.0. The van der Waals surface area contributed by atoms with E-state index in [-0.39, 0.29) is 5.43 Å². The number of carboxylic acids is 1. The van der Waals surface area contributed by atoms with Crippen molar-refractivity contribution in [2.24, 2.45) is 0 Å². The smallest absolute Gasteiger partial charge is 0.341 e. The normalized spacial score (nSPS) is 11.8. The van der Waals surface area contributed by atoms with E-state index < -0.39 is 23.0 Å². The van der Waals surface area contributed by atoms with Crippen LogP contribution in [0, 0.1) is 0 Å². The second-order valence-corrected chi connectivity index (χ2v) is 10.7. The molecular formula is C30H25O4S+. The Labute approximate surface area is 206 Å². The van der Waals surface area contributed by atoms with Crippen molar-refractivity contribution in [2.75, 3.05) is 6.61 Å². The van der Waals surface area contributed by atoms with Gasteiger partial charge >= 0.3 is 5.97 Å².